The van der Waals surface area contributed by atoms with Gasteiger partial charge in [-0.2, -0.15) is 0 Å². The van der Waals surface area contributed by atoms with Gasteiger partial charge in [-0.15, -0.1) is 0 Å². The molecule has 1 fully saturated rings. The van der Waals surface area contributed by atoms with Crippen molar-refractivity contribution < 1.29 is 18.7 Å². The van der Waals surface area contributed by atoms with E-state index in [9.17, 15) is 18.7 Å². The van der Waals surface area contributed by atoms with Crippen molar-refractivity contribution in [3.05, 3.63) is 77.2 Å². The van der Waals surface area contributed by atoms with Crippen LogP contribution in [-0.2, 0) is 0 Å². The van der Waals surface area contributed by atoms with Crippen LogP contribution >= 0.6 is 11.6 Å². The average molecular weight is 509 g/mol. The summed E-state index contributed by atoms with van der Waals surface area (Å²) in [6, 6.07) is 11.0. The third-order valence-electron chi connectivity index (χ3n) is 6.15. The van der Waals surface area contributed by atoms with Crippen LogP contribution in [0.5, 0.6) is 0 Å². The molecule has 3 N–H and O–H groups in total. The Hall–Kier alpha value is -4.02. The number of pyridine rings is 1. The second-order valence-electron chi connectivity index (χ2n) is 8.72. The lowest BCUT2D eigenvalue weighted by Gasteiger charge is -2.18. The lowest BCUT2D eigenvalue weighted by atomic mass is 10.1. The van der Waals surface area contributed by atoms with Gasteiger partial charge in [0.05, 0.1) is 22.8 Å². The number of amides is 1. The Morgan fingerprint density at radius 2 is 1.94 bits per heavy atom. The molecule has 0 bridgehead atoms. The summed E-state index contributed by atoms with van der Waals surface area (Å²) in [6.45, 7) is 0.938. The monoisotopic (exact) mass is 508 g/mol. The van der Waals surface area contributed by atoms with Crippen LogP contribution in [-0.4, -0.2) is 49.6 Å². The van der Waals surface area contributed by atoms with Crippen molar-refractivity contribution in [1.82, 2.24) is 19.4 Å². The number of imidazole rings is 2. The van der Waals surface area contributed by atoms with Gasteiger partial charge in [-0.3, -0.25) is 10.1 Å². The minimum atomic E-state index is -0.525. The zero-order chi connectivity index (χ0) is 25.0. The SMILES string of the molecule is O=C(Nc1nc2cc(-c3cc(F)cc(Cl)c3)ccc2[nH]1)c1cn2cc(F)cc(N3CC[C@@H](O)C3)c2n1. The molecule has 3 aromatic heterocycles. The van der Waals surface area contributed by atoms with Gasteiger partial charge in [-0.1, -0.05) is 17.7 Å². The number of anilines is 2. The molecular weight excluding hydrogens is 490 g/mol. The summed E-state index contributed by atoms with van der Waals surface area (Å²) in [5, 5.41) is 12.8. The number of nitrogens with one attached hydrogen (secondary N) is 2. The number of nitrogens with zero attached hydrogens (tertiary/aromatic N) is 4. The number of hydrogen-bond acceptors (Lipinski definition) is 5. The van der Waals surface area contributed by atoms with Gasteiger partial charge in [0.15, 0.2) is 5.65 Å². The van der Waals surface area contributed by atoms with Gasteiger partial charge in [-0.25, -0.2) is 18.7 Å². The third-order valence-corrected chi connectivity index (χ3v) is 6.36. The van der Waals surface area contributed by atoms with Crippen molar-refractivity contribution in [3.8, 4) is 11.1 Å². The van der Waals surface area contributed by atoms with Crippen molar-refractivity contribution in [2.75, 3.05) is 23.3 Å². The summed E-state index contributed by atoms with van der Waals surface area (Å²) in [6.07, 6.45) is 2.78. The minimum Gasteiger partial charge on any atom is -0.391 e. The second-order valence-corrected chi connectivity index (χ2v) is 9.16. The van der Waals surface area contributed by atoms with E-state index in [0.29, 0.717) is 47.4 Å². The number of carbonyl (C=O) groups is 1. The zero-order valence-electron chi connectivity index (χ0n) is 18.7. The molecule has 11 heteroatoms. The Bertz CT molecular complexity index is 1630. The predicted molar refractivity (Wildman–Crippen MR) is 132 cm³/mol. The van der Waals surface area contributed by atoms with E-state index >= 15 is 0 Å². The van der Waals surface area contributed by atoms with Gasteiger partial charge in [-0.05, 0) is 47.9 Å². The minimum absolute atomic E-state index is 0.0807. The maximum absolute atomic E-state index is 14.2. The van der Waals surface area contributed by atoms with Gasteiger partial charge in [0.2, 0.25) is 5.95 Å². The molecule has 1 aliphatic rings. The number of β-amino-alcohol motifs (C(OH)–C–C–N with tert-alkyl or cyclic N) is 1. The van der Waals surface area contributed by atoms with Crippen LogP contribution in [0.3, 0.4) is 0 Å². The maximum atomic E-state index is 14.2. The third kappa shape index (κ3) is 4.14. The molecule has 0 aliphatic carbocycles. The number of benzene rings is 2. The van der Waals surface area contributed by atoms with E-state index in [1.54, 1.807) is 24.3 Å². The highest BCUT2D eigenvalue weighted by Crippen LogP contribution is 2.29. The highest BCUT2D eigenvalue weighted by molar-refractivity contribution is 6.30. The van der Waals surface area contributed by atoms with Crippen LogP contribution < -0.4 is 10.2 Å². The van der Waals surface area contributed by atoms with Crippen LogP contribution in [0.1, 0.15) is 16.9 Å². The highest BCUT2D eigenvalue weighted by Gasteiger charge is 2.24. The van der Waals surface area contributed by atoms with E-state index in [4.69, 9.17) is 11.6 Å². The molecule has 0 radical (unpaired) electrons. The second kappa shape index (κ2) is 8.58. The van der Waals surface area contributed by atoms with Crippen LogP contribution in [0.4, 0.5) is 20.4 Å². The molecule has 1 atom stereocenters. The van der Waals surface area contributed by atoms with E-state index in [2.05, 4.69) is 20.3 Å². The molecule has 8 nitrogen and oxygen atoms in total. The smallest absolute Gasteiger partial charge is 0.278 e. The van der Waals surface area contributed by atoms with E-state index in [0.717, 1.165) is 5.56 Å². The van der Waals surface area contributed by atoms with Crippen LogP contribution in [0.2, 0.25) is 5.02 Å². The molecule has 4 heterocycles. The molecule has 1 amide bonds. The first-order chi connectivity index (χ1) is 17.3. The Morgan fingerprint density at radius 1 is 1.08 bits per heavy atom. The van der Waals surface area contributed by atoms with Crippen molar-refractivity contribution in [2.24, 2.45) is 0 Å². The summed E-state index contributed by atoms with van der Waals surface area (Å²) in [4.78, 5) is 26.7. The first kappa shape index (κ1) is 22.4. The lowest BCUT2D eigenvalue weighted by molar-refractivity contribution is 0.102. The quantitative estimate of drug-likeness (QED) is 0.329. The first-order valence-electron chi connectivity index (χ1n) is 11.2. The van der Waals surface area contributed by atoms with E-state index in [1.165, 1.54) is 35.0 Å². The molecule has 1 aliphatic heterocycles. The summed E-state index contributed by atoms with van der Waals surface area (Å²) < 4.78 is 29.5. The number of H-pyrrole nitrogens is 1. The highest BCUT2D eigenvalue weighted by atomic mass is 35.5. The number of fused-ring (bicyclic) bond motifs is 2. The van der Waals surface area contributed by atoms with Gasteiger partial charge in [0.1, 0.15) is 17.3 Å². The Labute approximate surface area is 208 Å². The largest absolute Gasteiger partial charge is 0.391 e. The first-order valence-corrected chi connectivity index (χ1v) is 11.6. The number of aliphatic hydroxyl groups is 1. The molecule has 2 aromatic carbocycles. The Morgan fingerprint density at radius 3 is 2.72 bits per heavy atom. The summed E-state index contributed by atoms with van der Waals surface area (Å²) in [7, 11) is 0. The van der Waals surface area contributed by atoms with Gasteiger partial charge in [0, 0.05) is 36.6 Å². The van der Waals surface area contributed by atoms with Crippen LogP contribution in [0, 0.1) is 11.6 Å². The average Bonchev–Trinajstić information content (AvgIpc) is 3.54. The fourth-order valence-corrected chi connectivity index (χ4v) is 4.71. The van der Waals surface area contributed by atoms with Crippen molar-refractivity contribution in [1.29, 1.82) is 0 Å². The number of hydrogen-bond donors (Lipinski definition) is 3. The molecule has 36 heavy (non-hydrogen) atoms. The molecule has 1 saturated heterocycles. The fraction of sp³-hybridized carbons (Fsp3) is 0.160. The lowest BCUT2D eigenvalue weighted by Crippen LogP contribution is -2.22. The Balaban J connectivity index is 1.28. The summed E-state index contributed by atoms with van der Waals surface area (Å²) in [5.74, 6) is -1.24. The van der Waals surface area contributed by atoms with Crippen molar-refractivity contribution >= 4 is 45.8 Å². The van der Waals surface area contributed by atoms with E-state index in [1.807, 2.05) is 4.90 Å². The van der Waals surface area contributed by atoms with Crippen LogP contribution in [0.25, 0.3) is 27.8 Å². The number of halogens is 3. The molecule has 5 aromatic rings. The van der Waals surface area contributed by atoms with Gasteiger partial charge in [0.25, 0.3) is 5.91 Å². The molecule has 6 rings (SSSR count). The summed E-state index contributed by atoms with van der Waals surface area (Å²) >= 11 is 5.98. The van der Waals surface area contributed by atoms with Gasteiger partial charge >= 0.3 is 0 Å². The van der Waals surface area contributed by atoms with Gasteiger partial charge < -0.3 is 19.4 Å². The van der Waals surface area contributed by atoms with Crippen LogP contribution in [0.15, 0.2) is 54.9 Å². The Kier molecular flexibility index (Phi) is 5.35. The molecular formula is C25H19ClF2N6O2. The molecule has 0 spiro atoms. The zero-order valence-corrected chi connectivity index (χ0v) is 19.4. The molecule has 0 saturated carbocycles. The van der Waals surface area contributed by atoms with E-state index in [-0.39, 0.29) is 16.7 Å². The maximum Gasteiger partial charge on any atom is 0.278 e. The van der Waals surface area contributed by atoms with Crippen molar-refractivity contribution in [3.63, 3.8) is 0 Å². The molecule has 0 unspecified atom stereocenters. The topological polar surface area (TPSA) is 98.5 Å². The number of carbonyl (C=O) groups excluding carboxylic acids is 1. The summed E-state index contributed by atoms with van der Waals surface area (Å²) in [5.41, 5.74) is 3.57. The number of rotatable bonds is 4. The fourth-order valence-electron chi connectivity index (χ4n) is 4.49. The number of aromatic amines is 1. The normalized spacial score (nSPS) is 15.8. The standard InChI is InChI=1S/C25H19ClF2N6O2/c26-15-5-14(6-16(27)8-15)13-1-2-19-20(7-13)31-25(30-19)32-24(36)21-12-34-10-17(28)9-22(23(34)29-21)33-4-3-18(35)11-33/h1-2,5-10,12,18,35H,3-4,11H2,(H2,30,31,32,36)/t18-/m1/s1. The van der Waals surface area contributed by atoms with Crippen molar-refractivity contribution in [2.45, 2.75) is 12.5 Å². The number of aromatic nitrogens is 4. The number of aliphatic hydroxyl groups excluding tert-OH is 1. The predicted octanol–water partition coefficient (Wildman–Crippen LogP) is 4.63. The van der Waals surface area contributed by atoms with E-state index < -0.39 is 23.6 Å². The molecule has 182 valence electrons.